The van der Waals surface area contributed by atoms with Crippen molar-refractivity contribution in [2.24, 2.45) is 7.05 Å². The highest BCUT2D eigenvalue weighted by Crippen LogP contribution is 2.34. The Hall–Kier alpha value is -2.11. The molecule has 3 rings (SSSR count). The van der Waals surface area contributed by atoms with Crippen molar-refractivity contribution in [2.45, 2.75) is 38.6 Å². The molecule has 6 heteroatoms. The minimum absolute atomic E-state index is 0.00000283. The van der Waals surface area contributed by atoms with E-state index in [4.69, 9.17) is 4.52 Å². The Morgan fingerprint density at radius 3 is 2.90 bits per heavy atom. The second kappa shape index (κ2) is 5.35. The number of amides is 1. The van der Waals surface area contributed by atoms with Gasteiger partial charge in [-0.1, -0.05) is 19.0 Å². The van der Waals surface area contributed by atoms with Crippen LogP contribution in [0.25, 0.3) is 0 Å². The number of aryl methyl sites for hydroxylation is 1. The minimum atomic E-state index is -0.0209. The first kappa shape index (κ1) is 13.9. The normalized spacial score (nSPS) is 18.7. The Balaban J connectivity index is 1.85. The summed E-state index contributed by atoms with van der Waals surface area (Å²) >= 11 is 0. The molecule has 0 aromatic carbocycles. The molecule has 0 aliphatic carbocycles. The predicted octanol–water partition coefficient (Wildman–Crippen LogP) is 2.51. The van der Waals surface area contributed by atoms with Crippen LogP contribution in [0, 0.1) is 0 Å². The molecule has 2 aromatic rings. The van der Waals surface area contributed by atoms with Crippen LogP contribution in [0.5, 0.6) is 0 Å². The molecule has 0 bridgehead atoms. The molecule has 1 aliphatic rings. The van der Waals surface area contributed by atoms with E-state index in [-0.39, 0.29) is 11.9 Å². The van der Waals surface area contributed by atoms with Gasteiger partial charge in [-0.05, 0) is 24.8 Å². The van der Waals surface area contributed by atoms with E-state index in [1.807, 2.05) is 11.0 Å². The summed E-state index contributed by atoms with van der Waals surface area (Å²) in [5, 5.41) is 8.17. The zero-order valence-corrected chi connectivity index (χ0v) is 12.6. The molecule has 1 saturated heterocycles. The number of carbonyl (C=O) groups excluding carboxylic acids is 1. The van der Waals surface area contributed by atoms with Gasteiger partial charge in [-0.25, -0.2) is 0 Å². The Kier molecular flexibility index (Phi) is 3.53. The summed E-state index contributed by atoms with van der Waals surface area (Å²) in [5.41, 5.74) is 1.54. The van der Waals surface area contributed by atoms with E-state index in [1.165, 1.54) is 0 Å². The molecule has 0 radical (unpaired) electrons. The Bertz CT molecular complexity index is 644. The van der Waals surface area contributed by atoms with Crippen LogP contribution < -0.4 is 0 Å². The highest BCUT2D eigenvalue weighted by atomic mass is 16.5. The maximum atomic E-state index is 12.7. The summed E-state index contributed by atoms with van der Waals surface area (Å²) in [6.07, 6.45) is 3.53. The predicted molar refractivity (Wildman–Crippen MR) is 76.8 cm³/mol. The molecule has 112 valence electrons. The topological polar surface area (TPSA) is 64.2 Å². The van der Waals surface area contributed by atoms with Gasteiger partial charge in [-0.2, -0.15) is 5.10 Å². The number of hydrogen-bond acceptors (Lipinski definition) is 4. The SMILES string of the molecule is CC(C)c1cc(C2CCCN2C(=O)c2ccnn2C)on1. The smallest absolute Gasteiger partial charge is 0.272 e. The Morgan fingerprint density at radius 1 is 1.48 bits per heavy atom. The highest BCUT2D eigenvalue weighted by Gasteiger charge is 2.34. The van der Waals surface area contributed by atoms with Crippen molar-refractivity contribution in [3.63, 3.8) is 0 Å². The molecule has 6 nitrogen and oxygen atoms in total. The van der Waals surface area contributed by atoms with Gasteiger partial charge in [-0.15, -0.1) is 0 Å². The lowest BCUT2D eigenvalue weighted by Gasteiger charge is -2.22. The van der Waals surface area contributed by atoms with Crippen LogP contribution in [0.15, 0.2) is 22.9 Å². The van der Waals surface area contributed by atoms with E-state index < -0.39 is 0 Å². The van der Waals surface area contributed by atoms with Gasteiger partial charge < -0.3 is 9.42 Å². The second-order valence-electron chi connectivity index (χ2n) is 5.81. The maximum absolute atomic E-state index is 12.7. The van der Waals surface area contributed by atoms with Gasteiger partial charge in [0.1, 0.15) is 5.69 Å². The number of likely N-dealkylation sites (tertiary alicyclic amines) is 1. The number of carbonyl (C=O) groups is 1. The first-order valence-electron chi connectivity index (χ1n) is 7.33. The molecule has 1 fully saturated rings. The van der Waals surface area contributed by atoms with Gasteiger partial charge in [0, 0.05) is 25.9 Å². The first-order chi connectivity index (χ1) is 10.1. The molecular weight excluding hydrogens is 268 g/mol. The molecule has 1 amide bonds. The zero-order valence-electron chi connectivity index (χ0n) is 12.6. The number of hydrogen-bond donors (Lipinski definition) is 0. The van der Waals surface area contributed by atoms with Gasteiger partial charge in [-0.3, -0.25) is 9.48 Å². The third-order valence-electron chi connectivity index (χ3n) is 4.02. The maximum Gasteiger partial charge on any atom is 0.272 e. The standard InChI is InChI=1S/C15H20N4O2/c1-10(2)11-9-14(21-17-11)12-5-4-8-19(12)15(20)13-6-7-16-18(13)3/h6-7,9-10,12H,4-5,8H2,1-3H3. The summed E-state index contributed by atoms with van der Waals surface area (Å²) in [5.74, 6) is 1.11. The van der Waals surface area contributed by atoms with Gasteiger partial charge in [0.05, 0.1) is 11.7 Å². The van der Waals surface area contributed by atoms with Crippen molar-refractivity contribution in [1.29, 1.82) is 0 Å². The Labute approximate surface area is 123 Å². The van der Waals surface area contributed by atoms with E-state index in [1.54, 1.807) is 24.0 Å². The fraction of sp³-hybridized carbons (Fsp3) is 0.533. The van der Waals surface area contributed by atoms with Crippen LogP contribution in [0.3, 0.4) is 0 Å². The van der Waals surface area contributed by atoms with Gasteiger partial charge in [0.25, 0.3) is 5.91 Å². The minimum Gasteiger partial charge on any atom is -0.359 e. The average Bonchev–Trinajstić information content (AvgIpc) is 3.17. The Morgan fingerprint density at radius 2 is 2.29 bits per heavy atom. The molecule has 1 unspecified atom stereocenters. The van der Waals surface area contributed by atoms with Crippen molar-refractivity contribution in [2.75, 3.05) is 6.54 Å². The average molecular weight is 288 g/mol. The number of nitrogens with zero attached hydrogens (tertiary/aromatic N) is 4. The molecule has 21 heavy (non-hydrogen) atoms. The summed E-state index contributed by atoms with van der Waals surface area (Å²) in [6, 6.07) is 3.70. The van der Waals surface area contributed by atoms with Crippen LogP contribution >= 0.6 is 0 Å². The zero-order chi connectivity index (χ0) is 15.0. The molecule has 2 aromatic heterocycles. The van der Waals surface area contributed by atoms with E-state index in [0.717, 1.165) is 30.8 Å². The van der Waals surface area contributed by atoms with Crippen LogP contribution in [-0.4, -0.2) is 32.3 Å². The van der Waals surface area contributed by atoms with Gasteiger partial charge >= 0.3 is 0 Å². The summed E-state index contributed by atoms with van der Waals surface area (Å²) in [7, 11) is 1.78. The summed E-state index contributed by atoms with van der Waals surface area (Å²) in [4.78, 5) is 14.5. The first-order valence-corrected chi connectivity index (χ1v) is 7.33. The monoisotopic (exact) mass is 288 g/mol. The van der Waals surface area contributed by atoms with Crippen molar-refractivity contribution in [1.82, 2.24) is 19.8 Å². The lowest BCUT2D eigenvalue weighted by molar-refractivity contribution is 0.0703. The molecule has 1 aliphatic heterocycles. The van der Waals surface area contributed by atoms with Crippen LogP contribution in [0.2, 0.25) is 0 Å². The molecule has 0 saturated carbocycles. The van der Waals surface area contributed by atoms with Crippen LogP contribution in [0.1, 0.15) is 60.6 Å². The molecule has 1 atom stereocenters. The van der Waals surface area contributed by atoms with Gasteiger partial charge in [0.2, 0.25) is 0 Å². The van der Waals surface area contributed by atoms with E-state index in [9.17, 15) is 4.79 Å². The molecule has 3 heterocycles. The third kappa shape index (κ3) is 2.46. The fourth-order valence-corrected chi connectivity index (χ4v) is 2.77. The highest BCUT2D eigenvalue weighted by molar-refractivity contribution is 5.92. The lowest BCUT2D eigenvalue weighted by atomic mass is 10.1. The summed E-state index contributed by atoms with van der Waals surface area (Å²) in [6.45, 7) is 4.90. The van der Waals surface area contributed by atoms with Crippen LogP contribution in [-0.2, 0) is 7.05 Å². The number of rotatable bonds is 3. The van der Waals surface area contributed by atoms with Gasteiger partial charge in [0.15, 0.2) is 5.76 Å². The van der Waals surface area contributed by atoms with E-state index in [0.29, 0.717) is 11.6 Å². The molecule has 0 spiro atoms. The quantitative estimate of drug-likeness (QED) is 0.870. The van der Waals surface area contributed by atoms with Crippen molar-refractivity contribution < 1.29 is 9.32 Å². The van der Waals surface area contributed by atoms with Crippen molar-refractivity contribution in [3.8, 4) is 0 Å². The largest absolute Gasteiger partial charge is 0.359 e. The fourth-order valence-electron chi connectivity index (χ4n) is 2.77. The van der Waals surface area contributed by atoms with E-state index in [2.05, 4.69) is 24.1 Å². The lowest BCUT2D eigenvalue weighted by Crippen LogP contribution is -2.31. The van der Waals surface area contributed by atoms with Crippen molar-refractivity contribution in [3.05, 3.63) is 35.5 Å². The third-order valence-corrected chi connectivity index (χ3v) is 4.02. The van der Waals surface area contributed by atoms with Crippen LogP contribution in [0.4, 0.5) is 0 Å². The second-order valence-corrected chi connectivity index (χ2v) is 5.81. The summed E-state index contributed by atoms with van der Waals surface area (Å²) < 4.78 is 7.08. The van der Waals surface area contributed by atoms with E-state index >= 15 is 0 Å². The molecule has 0 N–H and O–H groups in total. The van der Waals surface area contributed by atoms with Crippen molar-refractivity contribution >= 4 is 5.91 Å². The molecular formula is C15H20N4O2. The number of aromatic nitrogens is 3.